The number of fused-ring (bicyclic) bond motifs is 3. The fourth-order valence-electron chi connectivity index (χ4n) is 4.44. The van der Waals surface area contributed by atoms with Crippen molar-refractivity contribution in [3.8, 4) is 0 Å². The van der Waals surface area contributed by atoms with Gasteiger partial charge < -0.3 is 10.2 Å². The van der Waals surface area contributed by atoms with Crippen LogP contribution in [0.4, 0.5) is 0 Å². The third-order valence-electron chi connectivity index (χ3n) is 5.50. The molecule has 4 heteroatoms. The van der Waals surface area contributed by atoms with E-state index in [1.54, 1.807) is 0 Å². The van der Waals surface area contributed by atoms with Crippen LogP contribution < -0.4 is 5.32 Å². The molecule has 2 fully saturated rings. The monoisotopic (exact) mass is 323 g/mol. The van der Waals surface area contributed by atoms with Crippen LogP contribution in [-0.2, 0) is 0 Å². The van der Waals surface area contributed by atoms with Crippen LogP contribution in [0.1, 0.15) is 46.4 Å². The van der Waals surface area contributed by atoms with Crippen LogP contribution in [0.2, 0.25) is 0 Å². The van der Waals surface area contributed by atoms with Gasteiger partial charge in [0.15, 0.2) is 0 Å². The van der Waals surface area contributed by atoms with Crippen molar-refractivity contribution in [2.45, 2.75) is 52.1 Å². The first-order chi connectivity index (χ1) is 11.5. The zero-order chi connectivity index (χ0) is 16.8. The third kappa shape index (κ3) is 2.49. The Hall–Kier alpha value is -1.94. The number of hydrogen-bond donors (Lipinski definition) is 1. The van der Waals surface area contributed by atoms with E-state index < -0.39 is 0 Å². The van der Waals surface area contributed by atoms with E-state index in [4.69, 9.17) is 4.98 Å². The van der Waals surface area contributed by atoms with Crippen molar-refractivity contribution in [3.05, 3.63) is 40.6 Å². The SMILES string of the molecule is Cc1cc(C)c2nc(C)cc(C(=O)N3[C@H]4CCNC[C@@H]3CC4)c2c1. The van der Waals surface area contributed by atoms with Gasteiger partial charge >= 0.3 is 0 Å². The molecule has 24 heavy (non-hydrogen) atoms. The van der Waals surface area contributed by atoms with Crippen LogP contribution in [0, 0.1) is 20.8 Å². The normalized spacial score (nSPS) is 23.5. The Bertz CT molecular complexity index is 800. The zero-order valence-corrected chi connectivity index (χ0v) is 14.7. The van der Waals surface area contributed by atoms with Crippen LogP contribution in [0.3, 0.4) is 0 Å². The summed E-state index contributed by atoms with van der Waals surface area (Å²) in [5, 5.41) is 4.48. The lowest BCUT2D eigenvalue weighted by molar-refractivity contribution is 0.0682. The summed E-state index contributed by atoms with van der Waals surface area (Å²) < 4.78 is 0. The molecule has 0 saturated carbocycles. The number of benzene rings is 1. The molecule has 2 aromatic rings. The second-order valence-corrected chi connectivity index (χ2v) is 7.38. The molecule has 1 aromatic heterocycles. The minimum Gasteiger partial charge on any atom is -0.331 e. The summed E-state index contributed by atoms with van der Waals surface area (Å²) in [7, 11) is 0. The summed E-state index contributed by atoms with van der Waals surface area (Å²) in [6.07, 6.45) is 3.31. The van der Waals surface area contributed by atoms with Crippen molar-refractivity contribution >= 4 is 16.8 Å². The molecule has 0 radical (unpaired) electrons. The average Bonchev–Trinajstić information content (AvgIpc) is 2.80. The molecule has 2 atom stereocenters. The molecular formula is C20H25N3O. The highest BCUT2D eigenvalue weighted by atomic mass is 16.2. The number of aromatic nitrogens is 1. The third-order valence-corrected chi connectivity index (χ3v) is 5.50. The number of carbonyl (C=O) groups is 1. The molecule has 0 aliphatic carbocycles. The van der Waals surface area contributed by atoms with Crippen LogP contribution in [0.25, 0.3) is 10.9 Å². The molecule has 2 bridgehead atoms. The highest BCUT2D eigenvalue weighted by Crippen LogP contribution is 2.32. The zero-order valence-electron chi connectivity index (χ0n) is 14.7. The van der Waals surface area contributed by atoms with Crippen LogP contribution in [-0.4, -0.2) is 41.0 Å². The number of carbonyl (C=O) groups excluding carboxylic acids is 1. The number of aryl methyl sites for hydroxylation is 3. The van der Waals surface area contributed by atoms with Crippen molar-refractivity contribution in [2.75, 3.05) is 13.1 Å². The molecule has 1 N–H and O–H groups in total. The maximum atomic E-state index is 13.5. The number of hydrogen-bond acceptors (Lipinski definition) is 3. The standard InChI is InChI=1S/C20H25N3O/c1-12-8-13(2)19-17(9-12)18(10-14(3)22-19)20(24)23-15-4-5-16(23)11-21-7-6-15/h8-10,15-16,21H,4-7,11H2,1-3H3/t15-,16+/m1/s1. The first-order valence-electron chi connectivity index (χ1n) is 8.96. The number of rotatable bonds is 1. The first kappa shape index (κ1) is 15.6. The van der Waals surface area contributed by atoms with Gasteiger partial charge in [0.25, 0.3) is 5.91 Å². The first-order valence-corrected chi connectivity index (χ1v) is 8.96. The van der Waals surface area contributed by atoms with Crippen LogP contribution >= 0.6 is 0 Å². The van der Waals surface area contributed by atoms with Gasteiger partial charge in [0.1, 0.15) is 0 Å². The van der Waals surface area contributed by atoms with E-state index in [2.05, 4.69) is 36.2 Å². The van der Waals surface area contributed by atoms with Gasteiger partial charge in [-0.25, -0.2) is 0 Å². The largest absolute Gasteiger partial charge is 0.331 e. The Balaban J connectivity index is 1.85. The van der Waals surface area contributed by atoms with Gasteiger partial charge in [-0.3, -0.25) is 9.78 Å². The Morgan fingerprint density at radius 1 is 1.12 bits per heavy atom. The Labute approximate surface area is 143 Å². The highest BCUT2D eigenvalue weighted by molar-refractivity contribution is 6.07. The van der Waals surface area contributed by atoms with Crippen molar-refractivity contribution in [3.63, 3.8) is 0 Å². The van der Waals surface area contributed by atoms with E-state index in [1.165, 1.54) is 5.56 Å². The molecular weight excluding hydrogens is 298 g/mol. The predicted octanol–water partition coefficient (Wildman–Crippen LogP) is 3.13. The molecule has 2 aliphatic rings. The van der Waals surface area contributed by atoms with Crippen molar-refractivity contribution in [1.29, 1.82) is 0 Å². The van der Waals surface area contributed by atoms with Crippen LogP contribution in [0.5, 0.6) is 0 Å². The average molecular weight is 323 g/mol. The maximum Gasteiger partial charge on any atom is 0.255 e. The van der Waals surface area contributed by atoms with E-state index in [0.717, 1.165) is 60.1 Å². The maximum absolute atomic E-state index is 13.5. The molecule has 0 unspecified atom stereocenters. The molecule has 1 amide bonds. The quantitative estimate of drug-likeness (QED) is 0.877. The lowest BCUT2D eigenvalue weighted by atomic mass is 10.0. The number of nitrogens with zero attached hydrogens (tertiary/aromatic N) is 2. The van der Waals surface area contributed by atoms with Crippen molar-refractivity contribution in [2.24, 2.45) is 0 Å². The lowest BCUT2D eigenvalue weighted by Crippen LogP contribution is -2.42. The molecule has 4 nitrogen and oxygen atoms in total. The fourth-order valence-corrected chi connectivity index (χ4v) is 4.44. The van der Waals surface area contributed by atoms with Gasteiger partial charge in [0.2, 0.25) is 0 Å². The second-order valence-electron chi connectivity index (χ2n) is 7.38. The summed E-state index contributed by atoms with van der Waals surface area (Å²) >= 11 is 0. The van der Waals surface area contributed by atoms with Gasteiger partial charge in [0, 0.05) is 29.7 Å². The van der Waals surface area contributed by atoms with Gasteiger partial charge in [-0.1, -0.05) is 11.6 Å². The smallest absolute Gasteiger partial charge is 0.255 e. The van der Waals surface area contributed by atoms with E-state index in [-0.39, 0.29) is 5.91 Å². The second kappa shape index (κ2) is 5.85. The van der Waals surface area contributed by atoms with Crippen molar-refractivity contribution in [1.82, 2.24) is 15.2 Å². The molecule has 2 aliphatic heterocycles. The summed E-state index contributed by atoms with van der Waals surface area (Å²) in [6.45, 7) is 8.07. The van der Waals surface area contributed by atoms with E-state index in [1.807, 2.05) is 13.0 Å². The van der Waals surface area contributed by atoms with E-state index >= 15 is 0 Å². The van der Waals surface area contributed by atoms with Gasteiger partial charge in [-0.15, -0.1) is 0 Å². The summed E-state index contributed by atoms with van der Waals surface area (Å²) in [5.41, 5.74) is 5.02. The highest BCUT2D eigenvalue weighted by Gasteiger charge is 2.38. The molecule has 2 saturated heterocycles. The Kier molecular flexibility index (Phi) is 3.80. The minimum absolute atomic E-state index is 0.187. The van der Waals surface area contributed by atoms with E-state index in [0.29, 0.717) is 12.1 Å². The topological polar surface area (TPSA) is 45.2 Å². The van der Waals surface area contributed by atoms with Gasteiger partial charge in [-0.05, 0) is 64.3 Å². The molecule has 1 aromatic carbocycles. The summed E-state index contributed by atoms with van der Waals surface area (Å²) in [5.74, 6) is 0.187. The van der Waals surface area contributed by atoms with Crippen molar-refractivity contribution < 1.29 is 4.79 Å². The lowest BCUT2D eigenvalue weighted by Gasteiger charge is -2.28. The van der Waals surface area contributed by atoms with Crippen LogP contribution in [0.15, 0.2) is 18.2 Å². The summed E-state index contributed by atoms with van der Waals surface area (Å²) in [4.78, 5) is 20.3. The van der Waals surface area contributed by atoms with Gasteiger partial charge in [0.05, 0.1) is 11.1 Å². The minimum atomic E-state index is 0.187. The Morgan fingerprint density at radius 2 is 1.92 bits per heavy atom. The van der Waals surface area contributed by atoms with Gasteiger partial charge in [-0.2, -0.15) is 0 Å². The molecule has 0 spiro atoms. The Morgan fingerprint density at radius 3 is 2.75 bits per heavy atom. The fraction of sp³-hybridized carbons (Fsp3) is 0.500. The summed E-state index contributed by atoms with van der Waals surface area (Å²) in [6, 6.07) is 6.94. The molecule has 126 valence electrons. The number of nitrogens with one attached hydrogen (secondary N) is 1. The molecule has 4 rings (SSSR count). The van der Waals surface area contributed by atoms with E-state index in [9.17, 15) is 4.79 Å². The number of amides is 1. The predicted molar refractivity (Wildman–Crippen MR) is 96.4 cm³/mol. The molecule has 3 heterocycles. The number of pyridine rings is 1.